The zero-order chi connectivity index (χ0) is 25.2. The molecule has 0 bridgehead atoms. The molecule has 1 aromatic rings. The molecule has 1 N–H and O–H groups in total. The second-order valence-corrected chi connectivity index (χ2v) is 14.4. The summed E-state index contributed by atoms with van der Waals surface area (Å²) in [6, 6.07) is 4.84. The Hall–Kier alpha value is -0.0900. The number of halogens is 2. The smallest absolute Gasteiger partial charge is 0.364 e. The lowest BCUT2D eigenvalue weighted by molar-refractivity contribution is -0.0153. The molecule has 2 aliphatic carbocycles. The Morgan fingerprint density at radius 3 is 1.76 bits per heavy atom. The summed E-state index contributed by atoms with van der Waals surface area (Å²) in [5.41, 5.74) is 0.337. The molecule has 7 heteroatoms. The largest absolute Gasteiger partial charge is 0.376 e. The maximum Gasteiger partial charge on any atom is 0.364 e. The van der Waals surface area contributed by atoms with E-state index in [-0.39, 0.29) is 29.1 Å². The average Bonchev–Trinajstić information content (AvgIpc) is 2.73. The Labute approximate surface area is 216 Å². The topological polar surface area (TPSA) is 55.8 Å². The highest BCUT2D eigenvalue weighted by atomic mass is 35.5. The molecule has 194 valence electrons. The van der Waals surface area contributed by atoms with Gasteiger partial charge in [-0.05, 0) is 73.3 Å². The van der Waals surface area contributed by atoms with E-state index in [0.717, 1.165) is 38.5 Å². The van der Waals surface area contributed by atoms with E-state index < -0.39 is 13.4 Å². The van der Waals surface area contributed by atoms with Gasteiger partial charge < -0.3 is 14.2 Å². The molecular weight excluding hydrogens is 490 g/mol. The molecule has 0 heterocycles. The van der Waals surface area contributed by atoms with Crippen molar-refractivity contribution in [2.24, 2.45) is 35.5 Å². The Balaban J connectivity index is 1.98. The standard InChI is InChI=1S/C27H43Cl2O4P/c1-16(2)21-10-7-18(5)13-25(21)32-34(31,27(30)23-12-9-20(28)15-24(23)29)33-26-14-19(6)8-11-22(26)17(3)4/h9,12,15-19,21-22,25-27,30H,7-8,10-11,13-14H2,1-6H3/t18-,19+,21-,22+,25-,26-,27+,34?/m1/s1. The van der Waals surface area contributed by atoms with Gasteiger partial charge in [-0.25, -0.2) is 0 Å². The number of hydrogen-bond acceptors (Lipinski definition) is 4. The van der Waals surface area contributed by atoms with E-state index in [9.17, 15) is 9.67 Å². The molecule has 3 rings (SSSR count). The van der Waals surface area contributed by atoms with Gasteiger partial charge in [-0.1, -0.05) is 83.7 Å². The fourth-order valence-corrected chi connectivity index (χ4v) is 8.54. The summed E-state index contributed by atoms with van der Waals surface area (Å²) in [7, 11) is -3.99. The van der Waals surface area contributed by atoms with Crippen LogP contribution in [0.2, 0.25) is 10.0 Å². The lowest BCUT2D eigenvalue weighted by Gasteiger charge is -2.42. The molecule has 2 aliphatic rings. The highest BCUT2D eigenvalue weighted by Crippen LogP contribution is 2.65. The highest BCUT2D eigenvalue weighted by molar-refractivity contribution is 7.54. The van der Waals surface area contributed by atoms with Crippen LogP contribution in [-0.2, 0) is 13.6 Å². The summed E-state index contributed by atoms with van der Waals surface area (Å²) < 4.78 is 27.6. The number of aliphatic hydroxyl groups is 1. The zero-order valence-corrected chi connectivity index (χ0v) is 24.0. The van der Waals surface area contributed by atoms with Crippen molar-refractivity contribution in [1.29, 1.82) is 0 Å². The van der Waals surface area contributed by atoms with Gasteiger partial charge in [0.25, 0.3) is 0 Å². The van der Waals surface area contributed by atoms with Crippen molar-refractivity contribution in [1.82, 2.24) is 0 Å². The molecule has 2 saturated carbocycles. The van der Waals surface area contributed by atoms with Crippen LogP contribution < -0.4 is 0 Å². The minimum absolute atomic E-state index is 0.228. The van der Waals surface area contributed by atoms with Crippen molar-refractivity contribution in [2.75, 3.05) is 0 Å². The highest BCUT2D eigenvalue weighted by Gasteiger charge is 2.46. The third-order valence-electron chi connectivity index (χ3n) is 8.03. The number of aliphatic hydroxyl groups excluding tert-OH is 1. The summed E-state index contributed by atoms with van der Waals surface area (Å²) >= 11 is 12.5. The maximum absolute atomic E-state index is 14.7. The Morgan fingerprint density at radius 1 is 0.882 bits per heavy atom. The second-order valence-electron chi connectivity index (χ2n) is 11.5. The molecule has 0 amide bonds. The molecular formula is C27H43Cl2O4P. The van der Waals surface area contributed by atoms with E-state index in [1.807, 2.05) is 0 Å². The predicted molar refractivity (Wildman–Crippen MR) is 141 cm³/mol. The zero-order valence-electron chi connectivity index (χ0n) is 21.5. The van der Waals surface area contributed by atoms with Crippen LogP contribution in [0.15, 0.2) is 18.2 Å². The van der Waals surface area contributed by atoms with Crippen LogP contribution in [0.4, 0.5) is 0 Å². The average molecular weight is 534 g/mol. The SMILES string of the molecule is CC(C)[C@H]1CC[C@@H](C)C[C@H]1OP(=O)(O[C@@H]1C[C@@H](C)CC[C@H]1C(C)C)[C@H](O)c1ccc(Cl)cc1Cl. The molecule has 1 unspecified atom stereocenters. The third-order valence-corrected chi connectivity index (χ3v) is 10.6. The normalized spacial score (nSPS) is 33.1. The van der Waals surface area contributed by atoms with E-state index >= 15 is 0 Å². The Morgan fingerprint density at radius 2 is 1.35 bits per heavy atom. The fraction of sp³-hybridized carbons (Fsp3) is 0.778. The van der Waals surface area contributed by atoms with Gasteiger partial charge in [0, 0.05) is 15.6 Å². The van der Waals surface area contributed by atoms with Crippen LogP contribution in [-0.4, -0.2) is 17.3 Å². The summed E-state index contributed by atoms with van der Waals surface area (Å²) in [4.78, 5) is 0. The Kier molecular flexibility index (Phi) is 10.0. The monoisotopic (exact) mass is 532 g/mol. The number of hydrogen-bond donors (Lipinski definition) is 1. The molecule has 0 saturated heterocycles. The lowest BCUT2D eigenvalue weighted by Crippen LogP contribution is -2.37. The number of rotatable bonds is 8. The predicted octanol–water partition coefficient (Wildman–Crippen LogP) is 9.13. The van der Waals surface area contributed by atoms with Crippen LogP contribution in [0.3, 0.4) is 0 Å². The third kappa shape index (κ3) is 6.81. The van der Waals surface area contributed by atoms with Crippen molar-refractivity contribution in [2.45, 2.75) is 98.1 Å². The second kappa shape index (κ2) is 12.0. The lowest BCUT2D eigenvalue weighted by atomic mass is 9.75. The molecule has 0 aromatic heterocycles. The van der Waals surface area contributed by atoms with E-state index in [4.69, 9.17) is 32.2 Å². The Bertz CT molecular complexity index is 823. The molecule has 0 radical (unpaired) electrons. The van der Waals surface area contributed by atoms with Crippen LogP contribution >= 0.6 is 30.8 Å². The van der Waals surface area contributed by atoms with Crippen LogP contribution in [0.1, 0.15) is 91.5 Å². The van der Waals surface area contributed by atoms with E-state index in [1.54, 1.807) is 18.2 Å². The van der Waals surface area contributed by atoms with Gasteiger partial charge in [0.1, 0.15) is 0 Å². The van der Waals surface area contributed by atoms with Gasteiger partial charge in [-0.15, -0.1) is 0 Å². The molecule has 34 heavy (non-hydrogen) atoms. The first-order valence-corrected chi connectivity index (χ1v) is 15.4. The van der Waals surface area contributed by atoms with Crippen molar-refractivity contribution < 1.29 is 18.7 Å². The van der Waals surface area contributed by atoms with Crippen molar-refractivity contribution in [3.8, 4) is 0 Å². The van der Waals surface area contributed by atoms with Crippen molar-refractivity contribution in [3.63, 3.8) is 0 Å². The van der Waals surface area contributed by atoms with E-state index in [2.05, 4.69) is 41.5 Å². The minimum atomic E-state index is -3.99. The molecule has 0 spiro atoms. The van der Waals surface area contributed by atoms with E-state index in [1.165, 1.54) is 0 Å². The van der Waals surface area contributed by atoms with Crippen molar-refractivity contribution in [3.05, 3.63) is 33.8 Å². The molecule has 1 aromatic carbocycles. The van der Waals surface area contributed by atoms with Crippen LogP contribution in [0.25, 0.3) is 0 Å². The van der Waals surface area contributed by atoms with Gasteiger partial charge in [-0.3, -0.25) is 4.57 Å². The van der Waals surface area contributed by atoms with Crippen LogP contribution in [0.5, 0.6) is 0 Å². The van der Waals surface area contributed by atoms with Gasteiger partial charge in [0.05, 0.1) is 12.2 Å². The minimum Gasteiger partial charge on any atom is -0.376 e. The van der Waals surface area contributed by atoms with Gasteiger partial charge in [0.2, 0.25) is 0 Å². The van der Waals surface area contributed by atoms with Crippen molar-refractivity contribution >= 4 is 30.8 Å². The summed E-state index contributed by atoms with van der Waals surface area (Å²) in [5, 5.41) is 12.2. The molecule has 0 aliphatic heterocycles. The quantitative estimate of drug-likeness (QED) is 0.339. The first-order chi connectivity index (χ1) is 15.9. The van der Waals surface area contributed by atoms with Crippen LogP contribution in [0, 0.1) is 35.5 Å². The first-order valence-electron chi connectivity index (χ1n) is 13.0. The van der Waals surface area contributed by atoms with Gasteiger partial charge in [-0.2, -0.15) is 0 Å². The van der Waals surface area contributed by atoms with E-state index in [0.29, 0.717) is 34.3 Å². The first kappa shape index (κ1) is 28.5. The molecule has 4 nitrogen and oxygen atoms in total. The summed E-state index contributed by atoms with van der Waals surface area (Å²) in [6.45, 7) is 13.2. The maximum atomic E-state index is 14.7. The molecule has 2 fully saturated rings. The van der Waals surface area contributed by atoms with Gasteiger partial charge in [0.15, 0.2) is 5.85 Å². The summed E-state index contributed by atoms with van der Waals surface area (Å²) in [6.07, 6.45) is 5.48. The molecule has 8 atom stereocenters. The summed E-state index contributed by atoms with van der Waals surface area (Å²) in [5.74, 6) is 0.804. The van der Waals surface area contributed by atoms with Gasteiger partial charge >= 0.3 is 7.60 Å². The fourth-order valence-electron chi connectivity index (χ4n) is 5.87. The number of benzene rings is 1.